The summed E-state index contributed by atoms with van der Waals surface area (Å²) in [5.74, 6) is 0. The van der Waals surface area contributed by atoms with Gasteiger partial charge in [0.1, 0.15) is 0 Å². The molecule has 1 aliphatic rings. The van der Waals surface area contributed by atoms with Gasteiger partial charge >= 0.3 is 12.4 Å². The van der Waals surface area contributed by atoms with Crippen molar-refractivity contribution in [3.63, 3.8) is 0 Å². The van der Waals surface area contributed by atoms with Crippen molar-refractivity contribution in [2.45, 2.75) is 78.4 Å². The van der Waals surface area contributed by atoms with E-state index in [1.165, 1.54) is 0 Å². The molecule has 0 amide bonds. The molecule has 2 aromatic heterocycles. The van der Waals surface area contributed by atoms with E-state index in [1.807, 2.05) is 60.8 Å². The van der Waals surface area contributed by atoms with E-state index in [0.29, 0.717) is 0 Å². The molecule has 0 bridgehead atoms. The van der Waals surface area contributed by atoms with Crippen LogP contribution < -0.4 is 0 Å². The highest BCUT2D eigenvalue weighted by Crippen LogP contribution is 2.47. The number of fused-ring (bicyclic) bond motifs is 2. The number of benzene rings is 3. The Kier molecular flexibility index (Phi) is 7.42. The van der Waals surface area contributed by atoms with Crippen LogP contribution in [0.4, 0.5) is 26.3 Å². The highest BCUT2D eigenvalue weighted by Gasteiger charge is 2.45. The van der Waals surface area contributed by atoms with E-state index in [0.717, 1.165) is 80.8 Å². The number of alkyl halides is 6. The van der Waals surface area contributed by atoms with Gasteiger partial charge in [0, 0.05) is 41.3 Å². The van der Waals surface area contributed by atoms with Gasteiger partial charge < -0.3 is 4.98 Å². The molecule has 0 fully saturated rings. The van der Waals surface area contributed by atoms with Crippen molar-refractivity contribution < 1.29 is 26.3 Å². The molecule has 236 valence electrons. The fourth-order valence-corrected chi connectivity index (χ4v) is 6.72. The van der Waals surface area contributed by atoms with Gasteiger partial charge in [-0.2, -0.15) is 31.4 Å². The number of aromatic nitrogens is 3. The monoisotopic (exact) mass is 624 g/mol. The summed E-state index contributed by atoms with van der Waals surface area (Å²) in [5, 5.41) is 6.27. The van der Waals surface area contributed by atoms with Crippen LogP contribution in [-0.4, -0.2) is 19.7 Å². The van der Waals surface area contributed by atoms with Crippen molar-refractivity contribution in [1.82, 2.24) is 19.7 Å². The summed E-state index contributed by atoms with van der Waals surface area (Å²) in [6.45, 7) is 10.1. The first kappa shape index (κ1) is 31.0. The molecule has 5 aromatic rings. The van der Waals surface area contributed by atoms with E-state index in [9.17, 15) is 26.3 Å². The molecule has 6 rings (SSSR count). The van der Waals surface area contributed by atoms with Crippen molar-refractivity contribution in [3.8, 4) is 16.9 Å². The molecule has 10 heteroatoms. The standard InChI is InChI=1S/C35H34F6N4/c1-6-21-10-8-11-22(7-2)30(21)45-31(25-12-9-13-28-29(25)20(3)17-42-28)26-19-44(33(4,5)32(26)43-45)18-23-14-15-24(34(36,37)38)16-27(23)35(39,40)41/h8-17,42H,6-7,18-19H2,1-5H3. The molecular weight excluding hydrogens is 590 g/mol. The van der Waals surface area contributed by atoms with Crippen LogP contribution in [0.1, 0.15) is 72.3 Å². The zero-order valence-corrected chi connectivity index (χ0v) is 25.7. The molecule has 4 nitrogen and oxygen atoms in total. The van der Waals surface area contributed by atoms with Gasteiger partial charge in [-0.25, -0.2) is 4.68 Å². The van der Waals surface area contributed by atoms with E-state index in [1.54, 1.807) is 0 Å². The van der Waals surface area contributed by atoms with Gasteiger partial charge in [0.15, 0.2) is 0 Å². The summed E-state index contributed by atoms with van der Waals surface area (Å²) in [4.78, 5) is 5.20. The number of aromatic amines is 1. The van der Waals surface area contributed by atoms with Crippen molar-refractivity contribution in [3.05, 3.63) is 105 Å². The Morgan fingerprint density at radius 3 is 2.16 bits per heavy atom. The predicted molar refractivity (Wildman–Crippen MR) is 163 cm³/mol. The minimum Gasteiger partial charge on any atom is -0.361 e. The van der Waals surface area contributed by atoms with Gasteiger partial charge in [0.2, 0.25) is 0 Å². The molecule has 1 aliphatic heterocycles. The first-order valence-electron chi connectivity index (χ1n) is 15.0. The molecule has 3 aromatic carbocycles. The largest absolute Gasteiger partial charge is 0.416 e. The highest BCUT2D eigenvalue weighted by molar-refractivity contribution is 5.98. The number of H-pyrrole nitrogens is 1. The third kappa shape index (κ3) is 5.13. The summed E-state index contributed by atoms with van der Waals surface area (Å²) >= 11 is 0. The van der Waals surface area contributed by atoms with E-state index >= 15 is 0 Å². The number of halogens is 6. The molecule has 3 heterocycles. The third-order valence-electron chi connectivity index (χ3n) is 9.14. The van der Waals surface area contributed by atoms with Crippen molar-refractivity contribution in [2.75, 3.05) is 0 Å². The fourth-order valence-electron chi connectivity index (χ4n) is 6.72. The predicted octanol–water partition coefficient (Wildman–Crippen LogP) is 9.74. The first-order chi connectivity index (χ1) is 21.2. The van der Waals surface area contributed by atoms with Crippen LogP contribution in [0.5, 0.6) is 0 Å². The maximum absolute atomic E-state index is 14.1. The molecule has 0 unspecified atom stereocenters. The van der Waals surface area contributed by atoms with Gasteiger partial charge in [-0.1, -0.05) is 50.2 Å². The molecular formula is C35H34F6N4. The SMILES string of the molecule is CCc1cccc(CC)c1-n1nc2c(c1-c1cccc3[nH]cc(C)c13)CN(Cc1ccc(C(F)(F)F)cc1C(F)(F)F)C2(C)C. The van der Waals surface area contributed by atoms with E-state index < -0.39 is 29.0 Å². The van der Waals surface area contributed by atoms with Crippen LogP contribution in [0.2, 0.25) is 0 Å². The van der Waals surface area contributed by atoms with Crippen LogP contribution in [0.25, 0.3) is 27.8 Å². The number of nitrogens with zero attached hydrogens (tertiary/aromatic N) is 3. The van der Waals surface area contributed by atoms with Gasteiger partial charge in [-0.3, -0.25) is 4.90 Å². The van der Waals surface area contributed by atoms with Crippen molar-refractivity contribution in [1.29, 1.82) is 0 Å². The summed E-state index contributed by atoms with van der Waals surface area (Å²) in [5.41, 5.74) is 5.08. The molecule has 0 saturated heterocycles. The molecule has 0 aliphatic carbocycles. The van der Waals surface area contributed by atoms with Crippen molar-refractivity contribution >= 4 is 10.9 Å². The molecule has 0 saturated carbocycles. The lowest BCUT2D eigenvalue weighted by atomic mass is 9.96. The van der Waals surface area contributed by atoms with Crippen LogP contribution in [-0.2, 0) is 43.8 Å². The highest BCUT2D eigenvalue weighted by atomic mass is 19.4. The molecule has 1 N–H and O–H groups in total. The van der Waals surface area contributed by atoms with Crippen LogP contribution in [0.3, 0.4) is 0 Å². The fraction of sp³-hybridized carbons (Fsp3) is 0.343. The molecule has 0 radical (unpaired) electrons. The van der Waals surface area contributed by atoms with Gasteiger partial charge in [0.25, 0.3) is 0 Å². The maximum Gasteiger partial charge on any atom is 0.416 e. The number of nitrogens with one attached hydrogen (secondary N) is 1. The minimum absolute atomic E-state index is 0.199. The Morgan fingerprint density at radius 2 is 1.53 bits per heavy atom. The number of hydrogen-bond donors (Lipinski definition) is 1. The molecule has 45 heavy (non-hydrogen) atoms. The van der Waals surface area contributed by atoms with Crippen LogP contribution >= 0.6 is 0 Å². The Labute approximate surface area is 257 Å². The van der Waals surface area contributed by atoms with Crippen LogP contribution in [0.15, 0.2) is 60.8 Å². The summed E-state index contributed by atoms with van der Waals surface area (Å²) in [6.07, 6.45) is -6.32. The lowest BCUT2D eigenvalue weighted by Gasteiger charge is -2.33. The topological polar surface area (TPSA) is 36.9 Å². The average Bonchev–Trinajstić information content (AvgIpc) is 3.62. The smallest absolute Gasteiger partial charge is 0.361 e. The Hall–Kier alpha value is -4.05. The molecule has 0 spiro atoms. The molecule has 0 atom stereocenters. The quantitative estimate of drug-likeness (QED) is 0.191. The lowest BCUT2D eigenvalue weighted by molar-refractivity contribution is -0.143. The second-order valence-corrected chi connectivity index (χ2v) is 12.2. The zero-order chi connectivity index (χ0) is 32.5. The van der Waals surface area contributed by atoms with Gasteiger partial charge in [-0.15, -0.1) is 0 Å². The summed E-state index contributed by atoms with van der Waals surface area (Å²) < 4.78 is 84.4. The average molecular weight is 625 g/mol. The summed E-state index contributed by atoms with van der Waals surface area (Å²) in [7, 11) is 0. The zero-order valence-electron chi connectivity index (χ0n) is 25.7. The second kappa shape index (κ2) is 10.8. The number of aryl methyl sites for hydroxylation is 3. The Bertz CT molecular complexity index is 1890. The minimum atomic E-state index is -4.95. The van der Waals surface area contributed by atoms with E-state index in [4.69, 9.17) is 5.10 Å². The van der Waals surface area contributed by atoms with Gasteiger partial charge in [0.05, 0.1) is 33.7 Å². The summed E-state index contributed by atoms with van der Waals surface area (Å²) in [6, 6.07) is 14.1. The first-order valence-corrected chi connectivity index (χ1v) is 15.0. The number of rotatable bonds is 6. The normalized spacial score (nSPS) is 15.3. The van der Waals surface area contributed by atoms with E-state index in [2.05, 4.69) is 31.0 Å². The van der Waals surface area contributed by atoms with Gasteiger partial charge in [-0.05, 0) is 74.1 Å². The Morgan fingerprint density at radius 1 is 0.867 bits per heavy atom. The third-order valence-corrected chi connectivity index (χ3v) is 9.14. The van der Waals surface area contributed by atoms with Crippen molar-refractivity contribution in [2.24, 2.45) is 0 Å². The number of hydrogen-bond acceptors (Lipinski definition) is 2. The second-order valence-electron chi connectivity index (χ2n) is 12.2. The Balaban J connectivity index is 1.55. The lowest BCUT2D eigenvalue weighted by Crippen LogP contribution is -2.36. The van der Waals surface area contributed by atoms with E-state index in [-0.39, 0.29) is 24.7 Å². The maximum atomic E-state index is 14.1. The number of para-hydroxylation sites is 1. The van der Waals surface area contributed by atoms with Crippen LogP contribution in [0, 0.1) is 6.92 Å².